The number of Topliss-reactive ketones (excluding diaryl/α,β-unsaturated/α-hetero) is 1. The number of imidazole rings is 2. The summed E-state index contributed by atoms with van der Waals surface area (Å²) in [5.41, 5.74) is 7.96. The van der Waals surface area contributed by atoms with Crippen LogP contribution in [-0.4, -0.2) is 71.3 Å². The average molecular weight is 853 g/mol. The molecule has 61 heavy (non-hydrogen) atoms. The molecule has 0 saturated heterocycles. The number of hydrogen-bond acceptors (Lipinski definition) is 8. The second kappa shape index (κ2) is 18.0. The highest BCUT2D eigenvalue weighted by atomic mass is 19.4. The van der Waals surface area contributed by atoms with Gasteiger partial charge in [0.25, 0.3) is 0 Å². The van der Waals surface area contributed by atoms with Crippen molar-refractivity contribution in [2.75, 3.05) is 23.7 Å². The van der Waals surface area contributed by atoms with Crippen LogP contribution in [0.3, 0.4) is 0 Å². The number of carboxylic acids is 1. The van der Waals surface area contributed by atoms with Crippen molar-refractivity contribution in [2.45, 2.75) is 84.4 Å². The van der Waals surface area contributed by atoms with Crippen LogP contribution in [0.1, 0.15) is 101 Å². The number of carbonyl (C=O) groups is 2. The van der Waals surface area contributed by atoms with E-state index in [2.05, 4.69) is 20.6 Å². The quantitative estimate of drug-likeness (QED) is 0.0532. The van der Waals surface area contributed by atoms with Crippen molar-refractivity contribution in [3.8, 4) is 22.5 Å². The molecule has 0 radical (unpaired) electrons. The topological polar surface area (TPSA) is 153 Å². The van der Waals surface area contributed by atoms with E-state index in [0.717, 1.165) is 29.7 Å². The molecular formula is C44H46F6N6O5. The van der Waals surface area contributed by atoms with Crippen LogP contribution >= 0.6 is 0 Å². The van der Waals surface area contributed by atoms with Crippen molar-refractivity contribution >= 4 is 34.4 Å². The molecule has 2 unspecified atom stereocenters. The lowest BCUT2D eigenvalue weighted by atomic mass is 9.98. The van der Waals surface area contributed by atoms with Gasteiger partial charge in [-0.15, -0.1) is 0 Å². The second-order valence-electron chi connectivity index (χ2n) is 15.4. The molecule has 324 valence electrons. The minimum Gasteiger partial charge on any atom is -0.478 e. The van der Waals surface area contributed by atoms with Gasteiger partial charge in [-0.3, -0.25) is 13.6 Å². The number of halogens is 6. The molecule has 6 aromatic rings. The maximum Gasteiger partial charge on any atom is 0.390 e. The molecule has 1 fully saturated rings. The lowest BCUT2D eigenvalue weighted by molar-refractivity contribution is -0.132. The summed E-state index contributed by atoms with van der Waals surface area (Å²) in [4.78, 5) is 32.5. The molecule has 1 aliphatic rings. The summed E-state index contributed by atoms with van der Waals surface area (Å²) < 4.78 is 78.6. The number of fused-ring (bicyclic) bond motifs is 2. The number of nitrogens with zero attached hydrogens (tertiary/aromatic N) is 4. The van der Waals surface area contributed by atoms with E-state index in [1.807, 2.05) is 25.1 Å². The second-order valence-corrected chi connectivity index (χ2v) is 15.4. The third-order valence-corrected chi connectivity index (χ3v) is 10.4. The molecule has 1 aliphatic carbocycles. The minimum atomic E-state index is -4.28. The number of carbonyl (C=O) groups excluding carboxylic acids is 1. The van der Waals surface area contributed by atoms with Crippen LogP contribution in [0.5, 0.6) is 0 Å². The van der Waals surface area contributed by atoms with Crippen molar-refractivity contribution in [2.24, 2.45) is 5.92 Å². The number of hydrogen-bond donors (Lipinski definition) is 5. The Morgan fingerprint density at radius 1 is 0.721 bits per heavy atom. The fourth-order valence-electron chi connectivity index (χ4n) is 6.93. The van der Waals surface area contributed by atoms with Gasteiger partial charge in [0.2, 0.25) is 0 Å². The monoisotopic (exact) mass is 852 g/mol. The van der Waals surface area contributed by atoms with Crippen molar-refractivity contribution in [3.63, 3.8) is 0 Å². The summed E-state index contributed by atoms with van der Waals surface area (Å²) in [5, 5.41) is 34.8. The molecule has 4 aromatic heterocycles. The van der Waals surface area contributed by atoms with Crippen molar-refractivity contribution in [1.82, 2.24) is 18.8 Å². The SMILES string of the molecule is Cc1cc(-c2cnc3c(NCCC(F)(F)F)cc(C(C)O)cn23)ccc1C(=O)CC1CC1.Cc1cc(-c2cnc3c(NCCC(F)(F)F)cc(C(C)O)cn23)ccc1C(=O)O. The van der Waals surface area contributed by atoms with Gasteiger partial charge in [0.05, 0.1) is 65.8 Å². The van der Waals surface area contributed by atoms with Gasteiger partial charge >= 0.3 is 18.3 Å². The number of aliphatic hydroxyl groups excluding tert-OH is 2. The zero-order chi connectivity index (χ0) is 44.4. The average Bonchev–Trinajstić information content (AvgIpc) is 3.70. The normalized spacial score (nSPS) is 14.1. The Hall–Kier alpha value is -5.94. The first-order valence-corrected chi connectivity index (χ1v) is 19.7. The Morgan fingerprint density at radius 3 is 1.51 bits per heavy atom. The summed E-state index contributed by atoms with van der Waals surface area (Å²) >= 11 is 0. The van der Waals surface area contributed by atoms with Gasteiger partial charge in [-0.1, -0.05) is 18.2 Å². The van der Waals surface area contributed by atoms with Crippen LogP contribution in [0.15, 0.2) is 73.3 Å². The van der Waals surface area contributed by atoms with Crippen LogP contribution in [0, 0.1) is 19.8 Å². The third-order valence-electron chi connectivity index (χ3n) is 10.4. The zero-order valence-corrected chi connectivity index (χ0v) is 33.8. The Morgan fingerprint density at radius 2 is 1.15 bits per heavy atom. The minimum absolute atomic E-state index is 0.155. The van der Waals surface area contributed by atoms with E-state index < -0.39 is 43.4 Å². The molecule has 1 saturated carbocycles. The number of aromatic nitrogens is 4. The number of aryl methyl sites for hydroxylation is 2. The van der Waals surface area contributed by atoms with Gasteiger partial charge in [-0.2, -0.15) is 26.3 Å². The number of alkyl halides is 6. The van der Waals surface area contributed by atoms with Crippen LogP contribution in [0.2, 0.25) is 0 Å². The van der Waals surface area contributed by atoms with E-state index >= 15 is 0 Å². The molecule has 17 heteroatoms. The number of anilines is 2. The highest BCUT2D eigenvalue weighted by Gasteiger charge is 2.28. The largest absolute Gasteiger partial charge is 0.478 e. The standard InChI is InChI=1S/C24H26F3N3O2.C20H20F3N3O3/c1-14-9-17(5-6-19(14)22(32)10-16-3-4-16)21-12-29-23-20(28-8-7-24(25,26)27)11-18(15(2)31)13-30(21)23;1-11-7-13(3-4-15(11)19(28)29)17-9-25-18-16(24-6-5-20(21,22)23)8-14(12(2)27)10-26(17)18/h5-6,9,11-13,15-16,28,31H,3-4,7-8,10H2,1-2H3;3-4,7-10,12,24,27H,5-6H2,1-2H3,(H,28,29). The highest BCUT2D eigenvalue weighted by molar-refractivity contribution is 5.98. The van der Waals surface area contributed by atoms with E-state index in [-0.39, 0.29) is 24.4 Å². The number of ketones is 1. The van der Waals surface area contributed by atoms with Gasteiger partial charge < -0.3 is 26.0 Å². The van der Waals surface area contributed by atoms with E-state index in [4.69, 9.17) is 0 Å². The number of benzene rings is 2. The van der Waals surface area contributed by atoms with Crippen LogP contribution in [0.25, 0.3) is 33.8 Å². The Labute approximate surface area is 347 Å². The molecule has 7 rings (SSSR count). The maximum absolute atomic E-state index is 12.6. The number of nitrogens with one attached hydrogen (secondary N) is 2. The number of rotatable bonds is 14. The number of pyridine rings is 2. The summed E-state index contributed by atoms with van der Waals surface area (Å²) in [6.45, 7) is 6.13. The van der Waals surface area contributed by atoms with Gasteiger partial charge in [0.15, 0.2) is 17.1 Å². The molecule has 2 aromatic carbocycles. The smallest absolute Gasteiger partial charge is 0.390 e. The predicted molar refractivity (Wildman–Crippen MR) is 219 cm³/mol. The first-order chi connectivity index (χ1) is 28.7. The predicted octanol–water partition coefficient (Wildman–Crippen LogP) is 10.1. The molecule has 11 nitrogen and oxygen atoms in total. The molecule has 4 heterocycles. The summed E-state index contributed by atoms with van der Waals surface area (Å²) in [5.74, 6) is -0.357. The first kappa shape index (κ1) is 44.6. The Kier molecular flexibility index (Phi) is 13.1. The van der Waals surface area contributed by atoms with E-state index in [0.29, 0.717) is 68.5 Å². The van der Waals surface area contributed by atoms with E-state index in [1.165, 1.54) is 6.07 Å². The summed E-state index contributed by atoms with van der Waals surface area (Å²) in [7, 11) is 0. The van der Waals surface area contributed by atoms with Gasteiger partial charge in [-0.05, 0) is 99.0 Å². The third kappa shape index (κ3) is 11.1. The first-order valence-electron chi connectivity index (χ1n) is 19.7. The Balaban J connectivity index is 0.000000205. The molecular weight excluding hydrogens is 807 g/mol. The number of aliphatic hydroxyl groups is 2. The molecule has 5 N–H and O–H groups in total. The van der Waals surface area contributed by atoms with Crippen molar-refractivity contribution in [1.29, 1.82) is 0 Å². The number of aromatic carboxylic acids is 1. The van der Waals surface area contributed by atoms with E-state index in [1.54, 1.807) is 78.6 Å². The molecule has 0 bridgehead atoms. The molecule has 0 amide bonds. The van der Waals surface area contributed by atoms with Crippen LogP contribution in [0.4, 0.5) is 37.7 Å². The molecule has 0 spiro atoms. The maximum atomic E-state index is 12.6. The van der Waals surface area contributed by atoms with Gasteiger partial charge in [0, 0.05) is 48.6 Å². The fraction of sp³-hybridized carbons (Fsp3) is 0.364. The summed E-state index contributed by atoms with van der Waals surface area (Å²) in [6.07, 6.45) is -2.72. The lowest BCUT2D eigenvalue weighted by Crippen LogP contribution is -2.15. The van der Waals surface area contributed by atoms with Gasteiger partial charge in [-0.25, -0.2) is 14.8 Å². The zero-order valence-electron chi connectivity index (χ0n) is 33.8. The van der Waals surface area contributed by atoms with Gasteiger partial charge in [0.1, 0.15) is 0 Å². The molecule has 2 atom stereocenters. The lowest BCUT2D eigenvalue weighted by Gasteiger charge is -2.14. The van der Waals surface area contributed by atoms with Crippen LogP contribution in [-0.2, 0) is 0 Å². The van der Waals surface area contributed by atoms with Crippen molar-refractivity contribution < 1.29 is 51.3 Å². The number of carboxylic acid groups (broad SMARTS) is 1. The van der Waals surface area contributed by atoms with E-state index in [9.17, 15) is 51.3 Å². The van der Waals surface area contributed by atoms with Crippen LogP contribution < -0.4 is 10.6 Å². The Bertz CT molecular complexity index is 2560. The highest BCUT2D eigenvalue weighted by Crippen LogP contribution is 2.35. The van der Waals surface area contributed by atoms with Crippen molar-refractivity contribution in [3.05, 3.63) is 107 Å². The summed E-state index contributed by atoms with van der Waals surface area (Å²) in [6, 6.07) is 13.7. The fourth-order valence-corrected chi connectivity index (χ4v) is 6.93. The molecule has 0 aliphatic heterocycles.